The maximum Gasteiger partial charge on any atom is 0.331 e. The van der Waals surface area contributed by atoms with Crippen molar-refractivity contribution in [3.8, 4) is 0 Å². The summed E-state index contributed by atoms with van der Waals surface area (Å²) in [5, 5.41) is 13.9. The van der Waals surface area contributed by atoms with Gasteiger partial charge in [0.25, 0.3) is 5.69 Å². The molecule has 1 aliphatic carbocycles. The van der Waals surface area contributed by atoms with Gasteiger partial charge in [-0.2, -0.15) is 0 Å². The number of hydrogen-bond acceptors (Lipinski definition) is 6. The van der Waals surface area contributed by atoms with Gasteiger partial charge in [-0.15, -0.1) is 0 Å². The predicted octanol–water partition coefficient (Wildman–Crippen LogP) is 3.30. The first kappa shape index (κ1) is 20.9. The number of imide groups is 2. The van der Waals surface area contributed by atoms with Crippen LogP contribution in [-0.4, -0.2) is 46.3 Å². The summed E-state index contributed by atoms with van der Waals surface area (Å²) < 4.78 is 0. The minimum atomic E-state index is -1.45. The number of nitrogens with one attached hydrogen (secondary N) is 1. The average Bonchev–Trinajstić information content (AvgIpc) is 3.04. The first-order chi connectivity index (χ1) is 15.4. The van der Waals surface area contributed by atoms with Crippen LogP contribution in [0.25, 0.3) is 0 Å². The summed E-state index contributed by atoms with van der Waals surface area (Å²) in [4.78, 5) is 54.8. The van der Waals surface area contributed by atoms with E-state index in [9.17, 15) is 24.5 Å². The number of barbiturate groups is 1. The zero-order valence-electron chi connectivity index (χ0n) is 18.0. The normalized spacial score (nSPS) is 28.8. The van der Waals surface area contributed by atoms with E-state index in [0.29, 0.717) is 18.5 Å². The van der Waals surface area contributed by atoms with Gasteiger partial charge in [0.05, 0.1) is 11.0 Å². The fourth-order valence-electron chi connectivity index (χ4n) is 6.23. The van der Waals surface area contributed by atoms with Crippen LogP contribution in [0.3, 0.4) is 0 Å². The Balaban J connectivity index is 1.63. The van der Waals surface area contributed by atoms with Gasteiger partial charge >= 0.3 is 6.03 Å². The van der Waals surface area contributed by atoms with Crippen molar-refractivity contribution in [2.75, 3.05) is 11.4 Å². The largest absolute Gasteiger partial charge is 0.367 e. The number of nitrogens with zero attached hydrogens (tertiary/aromatic N) is 3. The van der Waals surface area contributed by atoms with Crippen molar-refractivity contribution >= 4 is 29.2 Å². The molecular weight excluding hydrogens is 412 g/mol. The molecule has 4 aliphatic rings. The van der Waals surface area contributed by atoms with E-state index in [1.165, 1.54) is 17.0 Å². The number of amides is 4. The second kappa shape index (κ2) is 7.86. The molecule has 32 heavy (non-hydrogen) atoms. The topological polar surface area (TPSA) is 113 Å². The molecule has 2 atom stereocenters. The number of carbonyl (C=O) groups is 3. The molecule has 1 spiro atoms. The average molecular weight is 441 g/mol. The number of nitro benzene ring substituents is 1. The molecule has 170 valence electrons. The van der Waals surface area contributed by atoms with E-state index in [4.69, 9.17) is 0 Å². The van der Waals surface area contributed by atoms with Crippen LogP contribution in [-0.2, 0) is 16.0 Å². The molecule has 5 rings (SSSR count). The number of fused-ring (bicyclic) bond motifs is 4. The van der Waals surface area contributed by atoms with Gasteiger partial charge in [0, 0.05) is 36.8 Å². The molecule has 9 heteroatoms. The zero-order valence-corrected chi connectivity index (χ0v) is 18.0. The van der Waals surface area contributed by atoms with Crippen LogP contribution in [0.5, 0.6) is 0 Å². The molecule has 1 N–H and O–H groups in total. The summed E-state index contributed by atoms with van der Waals surface area (Å²) in [5.41, 5.74) is -0.0255. The molecule has 1 aromatic rings. The summed E-state index contributed by atoms with van der Waals surface area (Å²) in [6, 6.07) is 3.52. The van der Waals surface area contributed by atoms with Gasteiger partial charge < -0.3 is 4.90 Å². The van der Waals surface area contributed by atoms with Crippen molar-refractivity contribution in [3.05, 3.63) is 33.9 Å². The van der Waals surface area contributed by atoms with Gasteiger partial charge in [0.1, 0.15) is 0 Å². The van der Waals surface area contributed by atoms with E-state index < -0.39 is 28.2 Å². The van der Waals surface area contributed by atoms with Gasteiger partial charge in [-0.1, -0.05) is 32.1 Å². The third-order valence-electron chi connectivity index (χ3n) is 7.76. The van der Waals surface area contributed by atoms with Crippen LogP contribution in [0.1, 0.15) is 63.4 Å². The number of hydrogen-bond donors (Lipinski definition) is 1. The lowest BCUT2D eigenvalue weighted by Crippen LogP contribution is -2.73. The van der Waals surface area contributed by atoms with Crippen molar-refractivity contribution in [1.29, 1.82) is 0 Å². The van der Waals surface area contributed by atoms with E-state index >= 15 is 0 Å². The Bertz CT molecular complexity index is 989. The van der Waals surface area contributed by atoms with Gasteiger partial charge in [-0.3, -0.25) is 29.9 Å². The van der Waals surface area contributed by atoms with Gasteiger partial charge in [-0.05, 0) is 37.3 Å². The first-order valence-corrected chi connectivity index (χ1v) is 11.7. The number of urea groups is 1. The van der Waals surface area contributed by atoms with E-state index in [-0.39, 0.29) is 24.2 Å². The van der Waals surface area contributed by atoms with Crippen molar-refractivity contribution in [2.24, 2.45) is 5.41 Å². The Morgan fingerprint density at radius 2 is 1.72 bits per heavy atom. The smallest absolute Gasteiger partial charge is 0.331 e. The fourth-order valence-corrected chi connectivity index (χ4v) is 6.23. The van der Waals surface area contributed by atoms with Gasteiger partial charge in [0.2, 0.25) is 11.8 Å². The van der Waals surface area contributed by atoms with E-state index in [1.54, 1.807) is 6.07 Å². The lowest BCUT2D eigenvalue weighted by molar-refractivity contribution is -0.384. The molecule has 4 amide bonds. The van der Waals surface area contributed by atoms with E-state index in [1.807, 2.05) is 0 Å². The third-order valence-corrected chi connectivity index (χ3v) is 7.76. The molecule has 9 nitrogen and oxygen atoms in total. The highest BCUT2D eigenvalue weighted by atomic mass is 16.6. The standard InChI is InChI=1S/C23H28N4O5/c28-20-23(21(29)26(22(30)24-20)16-7-3-1-4-8-16)14-15-13-17(27(31)32)10-11-18(15)25-12-6-2-5-9-19(23)25/h10-11,13,16,19H,1-9,12,14H2,(H,24,28,30)/t19-,23+/m0/s1. The van der Waals surface area contributed by atoms with Crippen molar-refractivity contribution in [3.63, 3.8) is 0 Å². The summed E-state index contributed by atoms with van der Waals surface area (Å²) in [5.74, 6) is -0.985. The molecule has 3 fully saturated rings. The third kappa shape index (κ3) is 3.09. The highest BCUT2D eigenvalue weighted by Gasteiger charge is 2.62. The molecule has 3 aliphatic heterocycles. The van der Waals surface area contributed by atoms with Crippen molar-refractivity contribution < 1.29 is 19.3 Å². The number of benzene rings is 1. The molecule has 1 aromatic carbocycles. The second-order valence-corrected chi connectivity index (χ2v) is 9.50. The van der Waals surface area contributed by atoms with Crippen LogP contribution in [0.15, 0.2) is 18.2 Å². The molecule has 3 heterocycles. The minimum absolute atomic E-state index is 0.0592. The van der Waals surface area contributed by atoms with E-state index in [2.05, 4.69) is 10.2 Å². The number of non-ortho nitro benzene ring substituents is 1. The Hall–Kier alpha value is -2.97. The van der Waals surface area contributed by atoms with Gasteiger partial charge in [-0.25, -0.2) is 4.79 Å². The van der Waals surface area contributed by atoms with Crippen molar-refractivity contribution in [1.82, 2.24) is 10.2 Å². The molecule has 1 saturated carbocycles. The maximum absolute atomic E-state index is 14.1. The highest BCUT2D eigenvalue weighted by Crippen LogP contribution is 2.48. The fraction of sp³-hybridized carbons (Fsp3) is 0.609. The first-order valence-electron chi connectivity index (χ1n) is 11.7. The maximum atomic E-state index is 14.1. The molecule has 0 aromatic heterocycles. The molecule has 0 radical (unpaired) electrons. The quantitative estimate of drug-likeness (QED) is 0.429. The minimum Gasteiger partial charge on any atom is -0.367 e. The molecule has 2 saturated heterocycles. The lowest BCUT2D eigenvalue weighted by Gasteiger charge is -2.52. The highest BCUT2D eigenvalue weighted by molar-refractivity contribution is 6.20. The second-order valence-electron chi connectivity index (χ2n) is 9.50. The summed E-state index contributed by atoms with van der Waals surface area (Å²) in [6.07, 6.45) is 8.03. The summed E-state index contributed by atoms with van der Waals surface area (Å²) in [7, 11) is 0. The number of nitro groups is 1. The van der Waals surface area contributed by atoms with E-state index in [0.717, 1.165) is 57.1 Å². The van der Waals surface area contributed by atoms with Crippen molar-refractivity contribution in [2.45, 2.75) is 76.3 Å². The SMILES string of the molecule is O=C1NC(=O)[C@]2(Cc3cc([N+](=O)[O-])ccc3N3CCCCC[C@H]32)C(=O)N1C1CCCCC1. The van der Waals surface area contributed by atoms with Crippen LogP contribution in [0.2, 0.25) is 0 Å². The monoisotopic (exact) mass is 440 g/mol. The molecule has 0 bridgehead atoms. The lowest BCUT2D eigenvalue weighted by atomic mass is 9.67. The Labute approximate surface area is 186 Å². The Kier molecular flexibility index (Phi) is 5.14. The summed E-state index contributed by atoms with van der Waals surface area (Å²) in [6.45, 7) is 0.676. The van der Waals surface area contributed by atoms with Crippen LogP contribution in [0, 0.1) is 15.5 Å². The number of rotatable bonds is 2. The Morgan fingerprint density at radius 1 is 1.00 bits per heavy atom. The predicted molar refractivity (Wildman–Crippen MR) is 116 cm³/mol. The molecular formula is C23H28N4O5. The summed E-state index contributed by atoms with van der Waals surface area (Å²) >= 11 is 0. The van der Waals surface area contributed by atoms with Gasteiger partial charge in [0.15, 0.2) is 5.41 Å². The van der Waals surface area contributed by atoms with Crippen LogP contribution >= 0.6 is 0 Å². The number of carbonyl (C=O) groups excluding carboxylic acids is 3. The Morgan fingerprint density at radius 3 is 2.47 bits per heavy atom. The van der Waals surface area contributed by atoms with Crippen LogP contribution < -0.4 is 10.2 Å². The molecule has 0 unspecified atom stereocenters. The van der Waals surface area contributed by atoms with Crippen LogP contribution in [0.4, 0.5) is 16.2 Å². The zero-order chi connectivity index (χ0) is 22.5. The number of anilines is 1.